The lowest BCUT2D eigenvalue weighted by Gasteiger charge is -2.19. The molecule has 2 aromatic rings. The van der Waals surface area contributed by atoms with Crippen molar-refractivity contribution in [1.29, 1.82) is 0 Å². The maximum Gasteiger partial charge on any atom is 0.122 e. The van der Waals surface area contributed by atoms with Gasteiger partial charge in [0.2, 0.25) is 0 Å². The number of aliphatic hydroxyl groups excluding tert-OH is 1. The maximum atomic E-state index is 10.1. The molecule has 0 amide bonds. The Kier molecular flexibility index (Phi) is 6.46. The van der Waals surface area contributed by atoms with Crippen LogP contribution in [0.1, 0.15) is 29.7 Å². The lowest BCUT2D eigenvalue weighted by Crippen LogP contribution is -2.33. The predicted octanol–water partition coefficient (Wildman–Crippen LogP) is 4.05. The SMILES string of the molecule is Cc1cccc(OCC(O)CNC(C)c2ccc(Cl)cc2)c1C. The monoisotopic (exact) mass is 333 g/mol. The van der Waals surface area contributed by atoms with E-state index < -0.39 is 6.10 Å². The zero-order valence-corrected chi connectivity index (χ0v) is 14.6. The van der Waals surface area contributed by atoms with Crippen molar-refractivity contribution in [3.63, 3.8) is 0 Å². The standard InChI is InChI=1S/C19H24ClNO2/c1-13-5-4-6-19(14(13)2)23-12-18(22)11-21-15(3)16-7-9-17(20)10-8-16/h4-10,15,18,21-22H,11-12H2,1-3H3. The second-order valence-corrected chi connectivity index (χ2v) is 6.28. The molecule has 0 bridgehead atoms. The van der Waals surface area contributed by atoms with Crippen LogP contribution in [-0.4, -0.2) is 24.4 Å². The maximum absolute atomic E-state index is 10.1. The zero-order valence-electron chi connectivity index (χ0n) is 13.8. The molecule has 2 unspecified atom stereocenters. The van der Waals surface area contributed by atoms with E-state index in [2.05, 4.69) is 12.2 Å². The molecule has 0 saturated carbocycles. The zero-order chi connectivity index (χ0) is 16.8. The van der Waals surface area contributed by atoms with Gasteiger partial charge in [0.15, 0.2) is 0 Å². The molecule has 0 aliphatic heterocycles. The van der Waals surface area contributed by atoms with Crippen LogP contribution in [0.3, 0.4) is 0 Å². The van der Waals surface area contributed by atoms with E-state index >= 15 is 0 Å². The van der Waals surface area contributed by atoms with Crippen LogP contribution in [0.5, 0.6) is 5.75 Å². The normalized spacial score (nSPS) is 13.6. The summed E-state index contributed by atoms with van der Waals surface area (Å²) in [5.41, 5.74) is 3.44. The Morgan fingerprint density at radius 2 is 1.83 bits per heavy atom. The van der Waals surface area contributed by atoms with Crippen molar-refractivity contribution in [3.8, 4) is 5.75 Å². The number of hydrogen-bond donors (Lipinski definition) is 2. The fourth-order valence-electron chi connectivity index (χ4n) is 2.31. The van der Waals surface area contributed by atoms with Crippen LogP contribution >= 0.6 is 11.6 Å². The molecule has 0 fully saturated rings. The van der Waals surface area contributed by atoms with E-state index in [4.69, 9.17) is 16.3 Å². The highest BCUT2D eigenvalue weighted by Gasteiger charge is 2.10. The predicted molar refractivity (Wildman–Crippen MR) is 95.3 cm³/mol. The molecular weight excluding hydrogens is 310 g/mol. The van der Waals surface area contributed by atoms with E-state index in [1.807, 2.05) is 56.3 Å². The molecular formula is C19H24ClNO2. The third kappa shape index (κ3) is 5.24. The van der Waals surface area contributed by atoms with Gasteiger partial charge in [-0.1, -0.05) is 35.9 Å². The first-order valence-electron chi connectivity index (χ1n) is 7.83. The molecule has 124 valence electrons. The molecule has 0 saturated heterocycles. The molecule has 0 heterocycles. The molecule has 2 atom stereocenters. The summed E-state index contributed by atoms with van der Waals surface area (Å²) in [5, 5.41) is 14.1. The van der Waals surface area contributed by atoms with E-state index in [1.54, 1.807) is 0 Å². The highest BCUT2D eigenvalue weighted by molar-refractivity contribution is 6.30. The lowest BCUT2D eigenvalue weighted by molar-refractivity contribution is 0.104. The van der Waals surface area contributed by atoms with Gasteiger partial charge in [-0.05, 0) is 55.7 Å². The molecule has 2 rings (SSSR count). The molecule has 23 heavy (non-hydrogen) atoms. The third-order valence-corrected chi connectivity index (χ3v) is 4.27. The van der Waals surface area contributed by atoms with Crippen LogP contribution in [0.2, 0.25) is 5.02 Å². The van der Waals surface area contributed by atoms with Gasteiger partial charge in [-0.15, -0.1) is 0 Å². The smallest absolute Gasteiger partial charge is 0.122 e. The Labute approximate surface area is 143 Å². The van der Waals surface area contributed by atoms with Gasteiger partial charge < -0.3 is 15.2 Å². The van der Waals surface area contributed by atoms with Crippen LogP contribution in [-0.2, 0) is 0 Å². The van der Waals surface area contributed by atoms with Crippen molar-refractivity contribution in [3.05, 3.63) is 64.2 Å². The third-order valence-electron chi connectivity index (χ3n) is 4.02. The number of rotatable bonds is 7. The van der Waals surface area contributed by atoms with Crippen molar-refractivity contribution < 1.29 is 9.84 Å². The number of nitrogens with one attached hydrogen (secondary N) is 1. The largest absolute Gasteiger partial charge is 0.491 e. The number of aryl methyl sites for hydroxylation is 1. The average Bonchev–Trinajstić information content (AvgIpc) is 2.54. The number of halogens is 1. The Bertz CT molecular complexity index is 628. The first kappa shape index (κ1) is 17.8. The number of hydrogen-bond acceptors (Lipinski definition) is 3. The Hall–Kier alpha value is -1.55. The van der Waals surface area contributed by atoms with Gasteiger partial charge in [0, 0.05) is 17.6 Å². The van der Waals surface area contributed by atoms with Gasteiger partial charge in [-0.3, -0.25) is 0 Å². The lowest BCUT2D eigenvalue weighted by atomic mass is 10.1. The van der Waals surface area contributed by atoms with Crippen LogP contribution in [0.15, 0.2) is 42.5 Å². The quantitative estimate of drug-likeness (QED) is 0.803. The van der Waals surface area contributed by atoms with Gasteiger partial charge in [-0.25, -0.2) is 0 Å². The van der Waals surface area contributed by atoms with E-state index in [9.17, 15) is 5.11 Å². The van der Waals surface area contributed by atoms with Gasteiger partial charge in [-0.2, -0.15) is 0 Å². The van der Waals surface area contributed by atoms with Crippen LogP contribution in [0, 0.1) is 13.8 Å². The van der Waals surface area contributed by atoms with Crippen molar-refractivity contribution in [1.82, 2.24) is 5.32 Å². The van der Waals surface area contributed by atoms with Gasteiger partial charge in [0.25, 0.3) is 0 Å². The molecule has 3 nitrogen and oxygen atoms in total. The minimum atomic E-state index is -0.565. The van der Waals surface area contributed by atoms with Crippen LogP contribution < -0.4 is 10.1 Å². The summed E-state index contributed by atoms with van der Waals surface area (Å²) in [7, 11) is 0. The number of ether oxygens (including phenoxy) is 1. The number of benzene rings is 2. The summed E-state index contributed by atoms with van der Waals surface area (Å²) in [6.07, 6.45) is -0.565. The summed E-state index contributed by atoms with van der Waals surface area (Å²) in [6, 6.07) is 13.8. The van der Waals surface area contributed by atoms with Crippen LogP contribution in [0.4, 0.5) is 0 Å². The Morgan fingerprint density at radius 1 is 1.13 bits per heavy atom. The van der Waals surface area contributed by atoms with Gasteiger partial charge >= 0.3 is 0 Å². The summed E-state index contributed by atoms with van der Waals surface area (Å²) < 4.78 is 5.73. The Morgan fingerprint density at radius 3 is 2.52 bits per heavy atom. The topological polar surface area (TPSA) is 41.5 Å². The molecule has 2 aromatic carbocycles. The van der Waals surface area contributed by atoms with E-state index in [0.717, 1.165) is 21.9 Å². The molecule has 0 aromatic heterocycles. The first-order valence-corrected chi connectivity index (χ1v) is 8.21. The average molecular weight is 334 g/mol. The summed E-state index contributed by atoms with van der Waals surface area (Å²) in [6.45, 7) is 6.87. The minimum Gasteiger partial charge on any atom is -0.491 e. The van der Waals surface area contributed by atoms with E-state index in [1.165, 1.54) is 5.56 Å². The van der Waals surface area contributed by atoms with Crippen molar-refractivity contribution in [2.45, 2.75) is 32.9 Å². The van der Waals surface area contributed by atoms with Crippen molar-refractivity contribution in [2.24, 2.45) is 0 Å². The van der Waals surface area contributed by atoms with Crippen molar-refractivity contribution >= 4 is 11.6 Å². The van der Waals surface area contributed by atoms with Gasteiger partial charge in [0.05, 0.1) is 0 Å². The summed E-state index contributed by atoms with van der Waals surface area (Å²) >= 11 is 5.89. The molecule has 4 heteroatoms. The van der Waals surface area contributed by atoms with E-state index in [0.29, 0.717) is 6.54 Å². The molecule has 2 N–H and O–H groups in total. The molecule has 0 radical (unpaired) electrons. The Balaban J connectivity index is 1.79. The van der Waals surface area contributed by atoms with Crippen molar-refractivity contribution in [2.75, 3.05) is 13.2 Å². The summed E-state index contributed by atoms with van der Waals surface area (Å²) in [5.74, 6) is 0.829. The van der Waals surface area contributed by atoms with Gasteiger partial charge in [0.1, 0.15) is 18.5 Å². The van der Waals surface area contributed by atoms with Crippen LogP contribution in [0.25, 0.3) is 0 Å². The second-order valence-electron chi connectivity index (χ2n) is 5.84. The molecule has 0 aliphatic carbocycles. The fourth-order valence-corrected chi connectivity index (χ4v) is 2.43. The minimum absolute atomic E-state index is 0.141. The highest BCUT2D eigenvalue weighted by atomic mass is 35.5. The molecule has 0 spiro atoms. The first-order chi connectivity index (χ1) is 11.0. The summed E-state index contributed by atoms with van der Waals surface area (Å²) in [4.78, 5) is 0. The fraction of sp³-hybridized carbons (Fsp3) is 0.368. The van der Waals surface area contributed by atoms with E-state index in [-0.39, 0.29) is 12.6 Å². The molecule has 0 aliphatic rings. The number of aliphatic hydroxyl groups is 1. The highest BCUT2D eigenvalue weighted by Crippen LogP contribution is 2.20. The second kappa shape index (κ2) is 8.34.